The fourth-order valence-electron chi connectivity index (χ4n) is 5.30. The minimum absolute atomic E-state index is 0.227. The first kappa shape index (κ1) is 20.1. The molecule has 1 aromatic heterocycles. The monoisotopic (exact) mass is 410 g/mol. The highest BCUT2D eigenvalue weighted by molar-refractivity contribution is 6.06. The number of rotatable bonds is 2. The zero-order valence-electron chi connectivity index (χ0n) is 19.8. The Balaban J connectivity index is 1.91. The molecule has 1 aliphatic heterocycles. The normalized spacial score (nSPS) is 13.0. The fraction of sp³-hybridized carbons (Fsp3) is 0.345. The molecular weight excluding hydrogens is 378 g/mol. The first-order valence-corrected chi connectivity index (χ1v) is 11.3. The minimum atomic E-state index is 0.227. The summed E-state index contributed by atoms with van der Waals surface area (Å²) in [5.41, 5.74) is 6.67. The first-order chi connectivity index (χ1) is 14.7. The van der Waals surface area contributed by atoms with Crippen LogP contribution in [0.15, 0.2) is 48.7 Å². The molecule has 0 N–H and O–H groups in total. The molecule has 3 aromatic carbocycles. The molecule has 0 radical (unpaired) electrons. The van der Waals surface area contributed by atoms with Gasteiger partial charge in [0.15, 0.2) is 6.20 Å². The largest absolute Gasteiger partial charge is 0.455 e. The van der Waals surface area contributed by atoms with Crippen molar-refractivity contribution in [3.8, 4) is 22.8 Å². The molecule has 0 saturated heterocycles. The molecule has 0 fully saturated rings. The maximum Gasteiger partial charge on any atom is 0.228 e. The number of aryl methyl sites for hydroxylation is 2. The van der Waals surface area contributed by atoms with E-state index in [9.17, 15) is 0 Å². The molecule has 0 saturated carbocycles. The third kappa shape index (κ3) is 3.12. The van der Waals surface area contributed by atoms with Crippen LogP contribution in [0.5, 0.6) is 11.5 Å². The smallest absolute Gasteiger partial charge is 0.228 e. The van der Waals surface area contributed by atoms with Crippen LogP contribution in [0.4, 0.5) is 0 Å². The predicted octanol–water partition coefficient (Wildman–Crippen LogP) is 7.61. The Labute approximate surface area is 185 Å². The van der Waals surface area contributed by atoms with Gasteiger partial charge in [-0.25, -0.2) is 4.57 Å². The van der Waals surface area contributed by atoms with E-state index in [0.717, 1.165) is 17.9 Å². The lowest BCUT2D eigenvalue weighted by atomic mass is 9.84. The summed E-state index contributed by atoms with van der Waals surface area (Å²) in [4.78, 5) is 0. The fourth-order valence-corrected chi connectivity index (χ4v) is 5.30. The van der Waals surface area contributed by atoms with Gasteiger partial charge in [-0.1, -0.05) is 65.0 Å². The number of hydrogen-bond acceptors (Lipinski definition) is 1. The molecular formula is C29H32NO+. The lowest BCUT2D eigenvalue weighted by Crippen LogP contribution is -2.32. The minimum Gasteiger partial charge on any atom is -0.455 e. The van der Waals surface area contributed by atoms with Crippen molar-refractivity contribution in [3.05, 3.63) is 65.4 Å². The number of hydrogen-bond donors (Lipinski definition) is 0. The highest BCUT2D eigenvalue weighted by atomic mass is 16.5. The van der Waals surface area contributed by atoms with Gasteiger partial charge in [0, 0.05) is 11.6 Å². The number of nitrogens with zero attached hydrogens (tertiary/aromatic N) is 1. The Bertz CT molecular complexity index is 1360. The first-order valence-electron chi connectivity index (χ1n) is 11.3. The van der Waals surface area contributed by atoms with Crippen LogP contribution < -0.4 is 9.30 Å². The van der Waals surface area contributed by atoms with Crippen LogP contribution in [0.2, 0.25) is 0 Å². The molecule has 0 atom stereocenters. The Hall–Kier alpha value is -2.87. The molecule has 2 heterocycles. The molecule has 158 valence electrons. The second-order valence-electron chi connectivity index (χ2n) is 10.6. The van der Waals surface area contributed by atoms with Crippen LogP contribution in [0.25, 0.3) is 32.8 Å². The summed E-state index contributed by atoms with van der Waals surface area (Å²) >= 11 is 0. The van der Waals surface area contributed by atoms with Gasteiger partial charge in [-0.2, -0.15) is 0 Å². The molecule has 5 rings (SSSR count). The van der Waals surface area contributed by atoms with Gasteiger partial charge in [0.05, 0.1) is 10.9 Å². The summed E-state index contributed by atoms with van der Waals surface area (Å²) in [5.74, 6) is 2.39. The van der Waals surface area contributed by atoms with E-state index in [-0.39, 0.29) is 5.41 Å². The van der Waals surface area contributed by atoms with Gasteiger partial charge in [0.25, 0.3) is 0 Å². The van der Waals surface area contributed by atoms with Crippen molar-refractivity contribution in [2.24, 2.45) is 12.5 Å². The van der Waals surface area contributed by atoms with Crippen molar-refractivity contribution in [3.63, 3.8) is 0 Å². The topological polar surface area (TPSA) is 13.1 Å². The van der Waals surface area contributed by atoms with Crippen LogP contribution in [0.1, 0.15) is 57.2 Å². The standard InChI is InChI=1S/C29H32NO/c1-17(2)24-22-11-9-8-10-21(22)18(3)25-27-26-20(12-13-30(27)7)14-19(16-29(4,5)6)15-23(26)31-28(24)25/h8-15,17H,16H2,1-7H3/q+1. The van der Waals surface area contributed by atoms with Gasteiger partial charge in [-0.05, 0) is 58.0 Å². The molecule has 0 amide bonds. The Morgan fingerprint density at radius 3 is 2.39 bits per heavy atom. The summed E-state index contributed by atoms with van der Waals surface area (Å²) in [6, 6.07) is 15.6. The van der Waals surface area contributed by atoms with Crippen molar-refractivity contribution >= 4 is 21.5 Å². The van der Waals surface area contributed by atoms with E-state index >= 15 is 0 Å². The third-order valence-electron chi connectivity index (χ3n) is 6.49. The second-order valence-corrected chi connectivity index (χ2v) is 10.6. The van der Waals surface area contributed by atoms with E-state index < -0.39 is 0 Å². The second kappa shape index (κ2) is 6.82. The van der Waals surface area contributed by atoms with Crippen LogP contribution in [0, 0.1) is 12.3 Å². The maximum atomic E-state index is 6.83. The van der Waals surface area contributed by atoms with Crippen LogP contribution in [-0.4, -0.2) is 0 Å². The van der Waals surface area contributed by atoms with E-state index in [1.807, 2.05) is 0 Å². The van der Waals surface area contributed by atoms with Crippen molar-refractivity contribution in [2.45, 2.75) is 53.9 Å². The van der Waals surface area contributed by atoms with Gasteiger partial charge in [0.2, 0.25) is 5.69 Å². The summed E-state index contributed by atoms with van der Waals surface area (Å²) in [7, 11) is 2.15. The Morgan fingerprint density at radius 1 is 1.00 bits per heavy atom. The predicted molar refractivity (Wildman–Crippen MR) is 130 cm³/mol. The number of fused-ring (bicyclic) bond motifs is 3. The molecule has 2 heteroatoms. The SMILES string of the molecule is Cc1c2c(c(C(C)C)c3ccccc13)Oc1cc(CC(C)(C)C)cc3cc[n+](C)c-2c13. The Kier molecular flexibility index (Phi) is 4.41. The number of aromatic nitrogens is 1. The van der Waals surface area contributed by atoms with Crippen molar-refractivity contribution in [1.29, 1.82) is 0 Å². The average molecular weight is 411 g/mol. The van der Waals surface area contributed by atoms with E-state index in [4.69, 9.17) is 4.74 Å². The zero-order chi connectivity index (χ0) is 22.1. The number of benzene rings is 3. The Morgan fingerprint density at radius 2 is 1.71 bits per heavy atom. The highest BCUT2D eigenvalue weighted by Gasteiger charge is 2.33. The van der Waals surface area contributed by atoms with Crippen molar-refractivity contribution in [2.75, 3.05) is 0 Å². The lowest BCUT2D eigenvalue weighted by molar-refractivity contribution is -0.659. The summed E-state index contributed by atoms with van der Waals surface area (Å²) in [5, 5.41) is 5.11. The molecule has 1 aliphatic rings. The zero-order valence-corrected chi connectivity index (χ0v) is 19.8. The lowest BCUT2D eigenvalue weighted by Gasteiger charge is -2.27. The summed E-state index contributed by atoms with van der Waals surface area (Å²) in [6.07, 6.45) is 3.22. The molecule has 0 unspecified atom stereocenters. The van der Waals surface area contributed by atoms with E-state index in [2.05, 4.69) is 102 Å². The van der Waals surface area contributed by atoms with Gasteiger partial charge >= 0.3 is 0 Å². The van der Waals surface area contributed by atoms with E-state index in [0.29, 0.717) is 5.92 Å². The van der Waals surface area contributed by atoms with Gasteiger partial charge in [-0.3, -0.25) is 0 Å². The van der Waals surface area contributed by atoms with E-state index in [1.165, 1.54) is 49.5 Å². The van der Waals surface area contributed by atoms with Crippen LogP contribution in [-0.2, 0) is 13.5 Å². The molecule has 2 nitrogen and oxygen atoms in total. The molecule has 0 spiro atoms. The van der Waals surface area contributed by atoms with E-state index in [1.54, 1.807) is 0 Å². The summed E-state index contributed by atoms with van der Waals surface area (Å²) in [6.45, 7) is 13.7. The van der Waals surface area contributed by atoms with Crippen LogP contribution >= 0.6 is 0 Å². The van der Waals surface area contributed by atoms with Crippen LogP contribution in [0.3, 0.4) is 0 Å². The molecule has 0 aliphatic carbocycles. The highest BCUT2D eigenvalue weighted by Crippen LogP contribution is 2.52. The quantitative estimate of drug-likeness (QED) is 0.273. The molecule has 0 bridgehead atoms. The molecule has 31 heavy (non-hydrogen) atoms. The van der Waals surface area contributed by atoms with Gasteiger partial charge in [0.1, 0.15) is 18.5 Å². The average Bonchev–Trinajstić information content (AvgIpc) is 2.68. The number of pyridine rings is 1. The van der Waals surface area contributed by atoms with Crippen molar-refractivity contribution in [1.82, 2.24) is 0 Å². The third-order valence-corrected chi connectivity index (χ3v) is 6.49. The van der Waals surface area contributed by atoms with Gasteiger partial charge < -0.3 is 4.74 Å². The summed E-state index contributed by atoms with van der Waals surface area (Å²) < 4.78 is 9.09. The number of ether oxygens (including phenoxy) is 1. The maximum absolute atomic E-state index is 6.83. The van der Waals surface area contributed by atoms with Gasteiger partial charge in [-0.15, -0.1) is 0 Å². The van der Waals surface area contributed by atoms with Crippen molar-refractivity contribution < 1.29 is 9.30 Å². The molecule has 4 aromatic rings.